The monoisotopic (exact) mass is 426 g/mol. The van der Waals surface area contributed by atoms with Crippen molar-refractivity contribution in [3.8, 4) is 11.5 Å². The second-order valence-corrected chi connectivity index (χ2v) is 15.2. The number of hydrogen-bond acceptors (Lipinski definition) is 3. The van der Waals surface area contributed by atoms with Crippen molar-refractivity contribution in [1.82, 2.24) is 0 Å². The first kappa shape index (κ1) is 22.9. The molecule has 1 saturated carbocycles. The highest BCUT2D eigenvalue weighted by molar-refractivity contribution is 6.74. The number of methoxy groups -OCH3 is 1. The zero-order valence-electron chi connectivity index (χ0n) is 19.4. The second-order valence-electron chi connectivity index (χ2n) is 10.5. The van der Waals surface area contributed by atoms with Crippen LogP contribution in [0.5, 0.6) is 11.5 Å². The molecule has 0 bridgehead atoms. The molecule has 0 amide bonds. The van der Waals surface area contributed by atoms with Crippen molar-refractivity contribution in [3.63, 3.8) is 0 Å². The van der Waals surface area contributed by atoms with E-state index in [1.807, 2.05) is 18.2 Å². The molecule has 1 unspecified atom stereocenters. The van der Waals surface area contributed by atoms with Crippen molar-refractivity contribution in [2.75, 3.05) is 7.11 Å². The van der Waals surface area contributed by atoms with Gasteiger partial charge >= 0.3 is 0 Å². The fraction of sp³-hybridized carbons (Fsp3) is 0.538. The first-order chi connectivity index (χ1) is 14.0. The van der Waals surface area contributed by atoms with E-state index in [1.54, 1.807) is 7.11 Å². The van der Waals surface area contributed by atoms with Gasteiger partial charge in [-0.2, -0.15) is 0 Å². The molecule has 0 heterocycles. The van der Waals surface area contributed by atoms with Crippen LogP contribution in [-0.2, 0) is 6.42 Å². The van der Waals surface area contributed by atoms with Crippen LogP contribution in [0.15, 0.2) is 55.2 Å². The molecule has 0 aromatic heterocycles. The summed E-state index contributed by atoms with van der Waals surface area (Å²) in [5.74, 6) is 2.85. The summed E-state index contributed by atoms with van der Waals surface area (Å²) in [5, 5.41) is 10.9. The number of aliphatic hydroxyl groups excluding tert-OH is 1. The molecule has 5 atom stereocenters. The minimum Gasteiger partial charge on any atom is -0.541 e. The standard InChI is InChI=1S/C26H38O3Si/c1-9-19-16-20(25-21(27)12-10-17(2)24(19)25)14-18-11-13-22(28-6)23(15-18)29-30(7,8)26(3,4)5/h9-13,15,19-21,24-25,27H,1-2,14,16H2,3-8H3/t19-,20-,21?,24+,25-/m1/s1. The molecule has 2 aliphatic rings. The van der Waals surface area contributed by atoms with Crippen molar-refractivity contribution in [3.05, 3.63) is 60.7 Å². The van der Waals surface area contributed by atoms with Crippen LogP contribution in [0.1, 0.15) is 32.8 Å². The highest BCUT2D eigenvalue weighted by atomic mass is 28.4. The Kier molecular flexibility index (Phi) is 6.40. The van der Waals surface area contributed by atoms with Crippen molar-refractivity contribution in [2.24, 2.45) is 23.7 Å². The number of rotatable bonds is 6. The van der Waals surface area contributed by atoms with Crippen LogP contribution < -0.4 is 9.16 Å². The summed E-state index contributed by atoms with van der Waals surface area (Å²) in [4.78, 5) is 0. The number of hydrogen-bond donors (Lipinski definition) is 1. The van der Waals surface area contributed by atoms with Crippen molar-refractivity contribution < 1.29 is 14.3 Å². The van der Waals surface area contributed by atoms with Gasteiger partial charge < -0.3 is 14.3 Å². The summed E-state index contributed by atoms with van der Waals surface area (Å²) in [7, 11) is -0.285. The lowest BCUT2D eigenvalue weighted by Crippen LogP contribution is -2.44. The molecule has 3 rings (SSSR count). The van der Waals surface area contributed by atoms with Gasteiger partial charge in [0.05, 0.1) is 13.2 Å². The Balaban J connectivity index is 1.87. The smallest absolute Gasteiger partial charge is 0.250 e. The molecule has 1 aromatic carbocycles. The van der Waals surface area contributed by atoms with Crippen LogP contribution in [0.3, 0.4) is 0 Å². The van der Waals surface area contributed by atoms with Crippen LogP contribution in [-0.4, -0.2) is 26.6 Å². The molecule has 1 fully saturated rings. The summed E-state index contributed by atoms with van der Waals surface area (Å²) in [5.41, 5.74) is 2.35. The first-order valence-corrected chi connectivity index (χ1v) is 13.9. The quantitative estimate of drug-likeness (QED) is 0.437. The molecule has 0 radical (unpaired) electrons. The molecule has 30 heavy (non-hydrogen) atoms. The van der Waals surface area contributed by atoms with Gasteiger partial charge in [0.15, 0.2) is 5.75 Å². The molecule has 164 valence electrons. The van der Waals surface area contributed by atoms with E-state index >= 15 is 0 Å². The average Bonchev–Trinajstić information content (AvgIpc) is 3.03. The Hall–Kier alpha value is -1.78. The van der Waals surface area contributed by atoms with Crippen LogP contribution >= 0.6 is 0 Å². The van der Waals surface area contributed by atoms with Crippen molar-refractivity contribution in [1.29, 1.82) is 0 Å². The zero-order chi connectivity index (χ0) is 22.3. The molecule has 0 saturated heterocycles. The van der Waals surface area contributed by atoms with E-state index in [1.165, 1.54) is 5.56 Å². The maximum absolute atomic E-state index is 10.7. The van der Waals surface area contributed by atoms with Crippen LogP contribution in [0, 0.1) is 23.7 Å². The van der Waals surface area contributed by atoms with Gasteiger partial charge in [-0.1, -0.05) is 57.2 Å². The Bertz CT molecular complexity index is 833. The highest BCUT2D eigenvalue weighted by Crippen LogP contribution is 2.51. The highest BCUT2D eigenvalue weighted by Gasteiger charge is 2.47. The molecule has 1 aromatic rings. The van der Waals surface area contributed by atoms with E-state index < -0.39 is 14.4 Å². The largest absolute Gasteiger partial charge is 0.541 e. The van der Waals surface area contributed by atoms with E-state index in [0.29, 0.717) is 11.8 Å². The summed E-state index contributed by atoms with van der Waals surface area (Å²) >= 11 is 0. The SMILES string of the molecule is C=C[C@@H]1C[C@@H](Cc2ccc(OC)c(O[Si](C)(C)C(C)(C)C)c2)[C@@H]2C(O)C=CC(=C)[C@H]21. The maximum atomic E-state index is 10.7. The lowest BCUT2D eigenvalue weighted by Gasteiger charge is -2.37. The number of aliphatic hydroxyl groups is 1. The summed E-state index contributed by atoms with van der Waals surface area (Å²) in [6, 6.07) is 6.30. The van der Waals surface area contributed by atoms with Gasteiger partial charge in [0.2, 0.25) is 0 Å². The van der Waals surface area contributed by atoms with Crippen LogP contribution in [0.2, 0.25) is 18.1 Å². The summed E-state index contributed by atoms with van der Waals surface area (Å²) in [6.07, 6.45) is 7.46. The van der Waals surface area contributed by atoms with Gasteiger partial charge in [-0.25, -0.2) is 0 Å². The van der Waals surface area contributed by atoms with E-state index in [9.17, 15) is 5.11 Å². The third-order valence-electron chi connectivity index (χ3n) is 7.53. The van der Waals surface area contributed by atoms with Crippen LogP contribution in [0.25, 0.3) is 0 Å². The zero-order valence-corrected chi connectivity index (χ0v) is 20.4. The minimum absolute atomic E-state index is 0.114. The van der Waals surface area contributed by atoms with Gasteiger partial charge in [-0.3, -0.25) is 0 Å². The lowest BCUT2D eigenvalue weighted by molar-refractivity contribution is 0.101. The lowest BCUT2D eigenvalue weighted by atomic mass is 9.74. The number of ether oxygens (including phenoxy) is 1. The fourth-order valence-corrected chi connectivity index (χ4v) is 5.84. The van der Waals surface area contributed by atoms with Crippen molar-refractivity contribution >= 4 is 8.32 Å². The van der Waals surface area contributed by atoms with Gasteiger partial charge in [0, 0.05) is 0 Å². The number of benzene rings is 1. The summed E-state index contributed by atoms with van der Waals surface area (Å²) < 4.78 is 12.2. The fourth-order valence-electron chi connectivity index (χ4n) is 4.83. The molecule has 3 nitrogen and oxygen atoms in total. The maximum Gasteiger partial charge on any atom is 0.250 e. The molecule has 0 spiro atoms. The molecule has 0 aliphatic heterocycles. The number of fused-ring (bicyclic) bond motifs is 1. The van der Waals surface area contributed by atoms with E-state index in [4.69, 9.17) is 9.16 Å². The molecular formula is C26H38O3Si. The molecular weight excluding hydrogens is 388 g/mol. The molecule has 4 heteroatoms. The number of allylic oxidation sites excluding steroid dienone is 3. The Labute approximate surface area is 183 Å². The van der Waals surface area contributed by atoms with E-state index in [2.05, 4.69) is 65.2 Å². The third-order valence-corrected chi connectivity index (χ3v) is 11.9. The van der Waals surface area contributed by atoms with Gasteiger partial charge in [0.25, 0.3) is 8.32 Å². The predicted octanol–water partition coefficient (Wildman–Crippen LogP) is 6.16. The summed E-state index contributed by atoms with van der Waals surface area (Å²) in [6.45, 7) is 19.6. The average molecular weight is 427 g/mol. The van der Waals surface area contributed by atoms with E-state index in [-0.39, 0.29) is 16.9 Å². The van der Waals surface area contributed by atoms with E-state index in [0.717, 1.165) is 29.9 Å². The Morgan fingerprint density at radius 2 is 1.93 bits per heavy atom. The van der Waals surface area contributed by atoms with Gasteiger partial charge in [-0.05, 0) is 72.3 Å². The topological polar surface area (TPSA) is 38.7 Å². The first-order valence-electron chi connectivity index (χ1n) is 11.0. The van der Waals surface area contributed by atoms with Gasteiger partial charge in [-0.15, -0.1) is 6.58 Å². The minimum atomic E-state index is -1.98. The normalized spacial score (nSPS) is 28.9. The third kappa shape index (κ3) is 4.31. The second kappa shape index (κ2) is 8.39. The predicted molar refractivity (Wildman–Crippen MR) is 128 cm³/mol. The van der Waals surface area contributed by atoms with Gasteiger partial charge in [0.1, 0.15) is 5.75 Å². The molecule has 1 N–H and O–H groups in total. The Morgan fingerprint density at radius 1 is 1.23 bits per heavy atom. The van der Waals surface area contributed by atoms with Crippen LogP contribution in [0.4, 0.5) is 0 Å². The van der Waals surface area contributed by atoms with Crippen molar-refractivity contribution in [2.45, 2.75) is 57.8 Å². The molecule has 2 aliphatic carbocycles. The Morgan fingerprint density at radius 3 is 2.53 bits per heavy atom.